The van der Waals surface area contributed by atoms with Gasteiger partial charge in [0.1, 0.15) is 5.75 Å². The van der Waals surface area contributed by atoms with E-state index in [0.717, 1.165) is 0 Å². The molecule has 0 bridgehead atoms. The normalized spacial score (nSPS) is 11.0. The van der Waals surface area contributed by atoms with Crippen molar-refractivity contribution in [3.8, 4) is 5.75 Å². The second-order valence-corrected chi connectivity index (χ2v) is 6.26. The minimum atomic E-state index is -0.597. The number of carbonyl (C=O) groups excluding carboxylic acids is 2. The van der Waals surface area contributed by atoms with E-state index in [9.17, 15) is 9.59 Å². The van der Waals surface area contributed by atoms with Crippen LogP contribution in [0, 0.1) is 5.41 Å². The number of ether oxygens (including phenoxy) is 1. The van der Waals surface area contributed by atoms with E-state index in [0.29, 0.717) is 35.5 Å². The van der Waals surface area contributed by atoms with Gasteiger partial charge in [0.2, 0.25) is 5.91 Å². The summed E-state index contributed by atoms with van der Waals surface area (Å²) in [6, 6.07) is 8.43. The fourth-order valence-corrected chi connectivity index (χ4v) is 2.78. The molecule has 0 aliphatic heterocycles. The fraction of sp³-hybridized carbons (Fsp3) is 0.350. The van der Waals surface area contributed by atoms with Crippen LogP contribution in [-0.2, 0) is 4.79 Å². The number of methoxy groups -OCH3 is 1. The predicted octanol–water partition coefficient (Wildman–Crippen LogP) is 3.05. The molecule has 2 amide bonds. The SMILES string of the molecule is CCC(CC)(CN)C(=O)Nc1ccc(NC(=O)c2cccnc2)c(OC)c1. The Kier molecular flexibility index (Phi) is 6.90. The number of hydrogen-bond donors (Lipinski definition) is 3. The molecular weight excluding hydrogens is 344 g/mol. The van der Waals surface area contributed by atoms with Gasteiger partial charge in [-0.2, -0.15) is 0 Å². The average Bonchev–Trinajstić information content (AvgIpc) is 2.71. The van der Waals surface area contributed by atoms with Crippen molar-refractivity contribution in [1.82, 2.24) is 4.98 Å². The van der Waals surface area contributed by atoms with Crippen molar-refractivity contribution >= 4 is 23.2 Å². The van der Waals surface area contributed by atoms with Crippen molar-refractivity contribution in [3.05, 3.63) is 48.3 Å². The molecule has 0 fully saturated rings. The summed E-state index contributed by atoms with van der Waals surface area (Å²) in [7, 11) is 1.50. The Morgan fingerprint density at radius 1 is 1.19 bits per heavy atom. The maximum atomic E-state index is 12.7. The van der Waals surface area contributed by atoms with Gasteiger partial charge in [0.25, 0.3) is 5.91 Å². The van der Waals surface area contributed by atoms with Crippen LogP contribution in [0.3, 0.4) is 0 Å². The quantitative estimate of drug-likeness (QED) is 0.662. The van der Waals surface area contributed by atoms with Crippen LogP contribution in [0.4, 0.5) is 11.4 Å². The summed E-state index contributed by atoms with van der Waals surface area (Å²) in [5.74, 6) is 0.0258. The number of benzene rings is 1. The van der Waals surface area contributed by atoms with E-state index in [1.54, 1.807) is 36.5 Å². The minimum Gasteiger partial charge on any atom is -0.494 e. The zero-order chi connectivity index (χ0) is 19.9. The minimum absolute atomic E-state index is 0.121. The maximum absolute atomic E-state index is 12.7. The third-order valence-electron chi connectivity index (χ3n) is 4.86. The molecule has 0 atom stereocenters. The number of pyridine rings is 1. The lowest BCUT2D eigenvalue weighted by Gasteiger charge is -2.28. The van der Waals surface area contributed by atoms with Gasteiger partial charge in [-0.05, 0) is 37.1 Å². The molecule has 0 radical (unpaired) electrons. The van der Waals surface area contributed by atoms with Gasteiger partial charge in [0.15, 0.2) is 0 Å². The molecule has 144 valence electrons. The van der Waals surface area contributed by atoms with E-state index in [4.69, 9.17) is 10.5 Å². The molecule has 0 spiro atoms. The van der Waals surface area contributed by atoms with Crippen LogP contribution in [-0.4, -0.2) is 30.5 Å². The lowest BCUT2D eigenvalue weighted by molar-refractivity contribution is -0.125. The summed E-state index contributed by atoms with van der Waals surface area (Å²) in [6.07, 6.45) is 4.39. The Hall–Kier alpha value is -2.93. The van der Waals surface area contributed by atoms with Crippen molar-refractivity contribution < 1.29 is 14.3 Å². The average molecular weight is 370 g/mol. The number of aromatic nitrogens is 1. The Bertz CT molecular complexity index is 781. The zero-order valence-corrected chi connectivity index (χ0v) is 15.9. The first-order chi connectivity index (χ1) is 13.0. The van der Waals surface area contributed by atoms with Crippen molar-refractivity contribution in [2.45, 2.75) is 26.7 Å². The van der Waals surface area contributed by atoms with E-state index >= 15 is 0 Å². The van der Waals surface area contributed by atoms with Crippen molar-refractivity contribution in [2.75, 3.05) is 24.3 Å². The fourth-order valence-electron chi connectivity index (χ4n) is 2.78. The summed E-state index contributed by atoms with van der Waals surface area (Å²) in [5.41, 5.74) is 6.76. The van der Waals surface area contributed by atoms with Gasteiger partial charge >= 0.3 is 0 Å². The number of nitrogens with one attached hydrogen (secondary N) is 2. The van der Waals surface area contributed by atoms with Gasteiger partial charge in [-0.1, -0.05) is 13.8 Å². The summed E-state index contributed by atoms with van der Waals surface area (Å²) in [5, 5.41) is 5.69. The summed E-state index contributed by atoms with van der Waals surface area (Å²) in [6.45, 7) is 4.18. The molecule has 27 heavy (non-hydrogen) atoms. The number of hydrogen-bond acceptors (Lipinski definition) is 5. The molecular formula is C20H26N4O3. The number of rotatable bonds is 8. The number of nitrogens with zero attached hydrogens (tertiary/aromatic N) is 1. The van der Waals surface area contributed by atoms with E-state index in [-0.39, 0.29) is 18.4 Å². The van der Waals surface area contributed by atoms with Crippen LogP contribution in [0.15, 0.2) is 42.7 Å². The molecule has 7 nitrogen and oxygen atoms in total. The Morgan fingerprint density at radius 3 is 2.48 bits per heavy atom. The van der Waals surface area contributed by atoms with E-state index in [2.05, 4.69) is 15.6 Å². The smallest absolute Gasteiger partial charge is 0.257 e. The molecule has 1 heterocycles. The molecule has 4 N–H and O–H groups in total. The first-order valence-corrected chi connectivity index (χ1v) is 8.90. The largest absolute Gasteiger partial charge is 0.494 e. The summed E-state index contributed by atoms with van der Waals surface area (Å²) >= 11 is 0. The lowest BCUT2D eigenvalue weighted by atomic mass is 9.81. The molecule has 0 unspecified atom stereocenters. The van der Waals surface area contributed by atoms with Gasteiger partial charge < -0.3 is 21.1 Å². The Morgan fingerprint density at radius 2 is 1.93 bits per heavy atom. The van der Waals surface area contributed by atoms with Crippen LogP contribution in [0.25, 0.3) is 0 Å². The van der Waals surface area contributed by atoms with Gasteiger partial charge in [-0.3, -0.25) is 14.6 Å². The molecule has 1 aromatic carbocycles. The highest BCUT2D eigenvalue weighted by molar-refractivity contribution is 6.05. The molecule has 7 heteroatoms. The van der Waals surface area contributed by atoms with Crippen molar-refractivity contribution in [3.63, 3.8) is 0 Å². The van der Waals surface area contributed by atoms with Crippen molar-refractivity contribution in [2.24, 2.45) is 11.1 Å². The van der Waals surface area contributed by atoms with Crippen LogP contribution in [0.5, 0.6) is 5.75 Å². The highest BCUT2D eigenvalue weighted by Gasteiger charge is 2.33. The number of amides is 2. The maximum Gasteiger partial charge on any atom is 0.257 e. The molecule has 2 rings (SSSR count). The van der Waals surface area contributed by atoms with E-state index in [1.807, 2.05) is 13.8 Å². The van der Waals surface area contributed by atoms with Crippen LogP contribution in [0.2, 0.25) is 0 Å². The van der Waals surface area contributed by atoms with Crippen LogP contribution in [0.1, 0.15) is 37.0 Å². The topological polar surface area (TPSA) is 106 Å². The second-order valence-electron chi connectivity index (χ2n) is 6.26. The number of nitrogens with two attached hydrogens (primary N) is 1. The predicted molar refractivity (Wildman–Crippen MR) is 106 cm³/mol. The van der Waals surface area contributed by atoms with E-state index < -0.39 is 5.41 Å². The molecule has 0 aliphatic carbocycles. The highest BCUT2D eigenvalue weighted by Crippen LogP contribution is 2.31. The number of carbonyl (C=O) groups is 2. The van der Waals surface area contributed by atoms with Gasteiger partial charge in [-0.15, -0.1) is 0 Å². The van der Waals surface area contributed by atoms with Crippen LogP contribution < -0.4 is 21.1 Å². The molecule has 0 saturated heterocycles. The van der Waals surface area contributed by atoms with Gasteiger partial charge in [0.05, 0.1) is 23.8 Å². The van der Waals surface area contributed by atoms with Gasteiger partial charge in [-0.25, -0.2) is 0 Å². The second kappa shape index (κ2) is 9.14. The van der Waals surface area contributed by atoms with Crippen molar-refractivity contribution in [1.29, 1.82) is 0 Å². The molecule has 1 aromatic heterocycles. The molecule has 0 saturated carbocycles. The summed E-state index contributed by atoms with van der Waals surface area (Å²) in [4.78, 5) is 28.9. The standard InChI is InChI=1S/C20H26N4O3/c1-4-20(5-2,13-21)19(26)23-15-8-9-16(17(11-15)27-3)24-18(25)14-7-6-10-22-12-14/h6-12H,4-5,13,21H2,1-3H3,(H,23,26)(H,24,25). The highest BCUT2D eigenvalue weighted by atomic mass is 16.5. The van der Waals surface area contributed by atoms with E-state index in [1.165, 1.54) is 13.3 Å². The molecule has 0 aliphatic rings. The monoisotopic (exact) mass is 370 g/mol. The first-order valence-electron chi connectivity index (χ1n) is 8.90. The Labute approximate surface area is 159 Å². The number of anilines is 2. The Balaban J connectivity index is 2.18. The zero-order valence-electron chi connectivity index (χ0n) is 15.9. The third kappa shape index (κ3) is 4.62. The lowest BCUT2D eigenvalue weighted by Crippen LogP contribution is -2.41. The first kappa shape index (κ1) is 20.4. The molecule has 2 aromatic rings. The van der Waals surface area contributed by atoms with Crippen LogP contribution >= 0.6 is 0 Å². The summed E-state index contributed by atoms with van der Waals surface area (Å²) < 4.78 is 5.36. The van der Waals surface area contributed by atoms with Gasteiger partial charge in [0, 0.05) is 30.7 Å². The third-order valence-corrected chi connectivity index (χ3v) is 4.86.